The molecule has 2 nitrogen and oxygen atoms in total. The Labute approximate surface area is 56.8 Å². The molecule has 1 saturated heterocycles. The van der Waals surface area contributed by atoms with Crippen molar-refractivity contribution in [2.24, 2.45) is 0 Å². The van der Waals surface area contributed by atoms with Crippen molar-refractivity contribution in [3.05, 3.63) is 0 Å². The smallest absolute Gasteiger partial charge is 0.0685 e. The van der Waals surface area contributed by atoms with Crippen LogP contribution in [-0.4, -0.2) is 24.3 Å². The first-order valence-corrected chi connectivity index (χ1v) is 3.70. The van der Waals surface area contributed by atoms with Gasteiger partial charge in [-0.3, -0.25) is 4.84 Å². The molecule has 0 aromatic carbocycles. The molecule has 0 bridgehead atoms. The molecule has 54 valence electrons. The Hall–Kier alpha value is -0.0800. The van der Waals surface area contributed by atoms with Crippen molar-refractivity contribution >= 4 is 0 Å². The van der Waals surface area contributed by atoms with Crippen molar-refractivity contribution < 1.29 is 4.84 Å². The van der Waals surface area contributed by atoms with Gasteiger partial charge >= 0.3 is 0 Å². The van der Waals surface area contributed by atoms with Gasteiger partial charge < -0.3 is 0 Å². The third-order valence-electron chi connectivity index (χ3n) is 1.61. The molecule has 0 aliphatic carbocycles. The van der Waals surface area contributed by atoms with E-state index in [1.54, 1.807) is 0 Å². The summed E-state index contributed by atoms with van der Waals surface area (Å²) in [5, 5.41) is 2.06. The third kappa shape index (κ3) is 1.95. The summed E-state index contributed by atoms with van der Waals surface area (Å²) in [5.41, 5.74) is 0. The molecule has 0 amide bonds. The maximum absolute atomic E-state index is 5.37. The zero-order valence-corrected chi connectivity index (χ0v) is 6.26. The summed E-state index contributed by atoms with van der Waals surface area (Å²) in [6, 6.07) is 0.547. The molecule has 9 heavy (non-hydrogen) atoms. The van der Waals surface area contributed by atoms with E-state index in [0.717, 1.165) is 13.2 Å². The van der Waals surface area contributed by atoms with Gasteiger partial charge in [-0.2, -0.15) is 5.06 Å². The van der Waals surface area contributed by atoms with Gasteiger partial charge in [0, 0.05) is 12.6 Å². The molecule has 1 aliphatic rings. The van der Waals surface area contributed by atoms with E-state index in [1.807, 2.05) is 0 Å². The van der Waals surface area contributed by atoms with Crippen molar-refractivity contribution in [2.75, 3.05) is 13.2 Å². The van der Waals surface area contributed by atoms with E-state index in [-0.39, 0.29) is 0 Å². The average molecular weight is 129 g/mol. The molecule has 1 rings (SSSR count). The molecule has 0 aromatic heterocycles. The zero-order chi connectivity index (χ0) is 6.69. The van der Waals surface area contributed by atoms with Gasteiger partial charge in [-0.1, -0.05) is 0 Å². The molecular formula is C7H15NO. The topological polar surface area (TPSA) is 12.5 Å². The van der Waals surface area contributed by atoms with Crippen LogP contribution in [0.3, 0.4) is 0 Å². The molecule has 1 aliphatic heterocycles. The molecule has 0 spiro atoms. The highest BCUT2D eigenvalue weighted by molar-refractivity contribution is 4.56. The normalized spacial score (nSPS) is 23.0. The van der Waals surface area contributed by atoms with Crippen LogP contribution in [0, 0.1) is 0 Å². The van der Waals surface area contributed by atoms with Gasteiger partial charge in [0.1, 0.15) is 0 Å². The van der Waals surface area contributed by atoms with Gasteiger partial charge in [-0.05, 0) is 26.7 Å². The Morgan fingerprint density at radius 2 is 2.11 bits per heavy atom. The van der Waals surface area contributed by atoms with Crippen molar-refractivity contribution in [3.8, 4) is 0 Å². The molecule has 1 fully saturated rings. The lowest BCUT2D eigenvalue weighted by atomic mass is 10.2. The minimum atomic E-state index is 0.547. The Balaban J connectivity index is 2.23. The molecule has 0 atom stereocenters. The molecule has 0 unspecified atom stereocenters. The fraction of sp³-hybridized carbons (Fsp3) is 1.00. The fourth-order valence-electron chi connectivity index (χ4n) is 1.02. The van der Waals surface area contributed by atoms with E-state index in [9.17, 15) is 0 Å². The fourth-order valence-corrected chi connectivity index (χ4v) is 1.02. The predicted molar refractivity (Wildman–Crippen MR) is 37.0 cm³/mol. The summed E-state index contributed by atoms with van der Waals surface area (Å²) in [6.07, 6.45) is 2.52. The summed E-state index contributed by atoms with van der Waals surface area (Å²) in [6.45, 7) is 6.34. The predicted octanol–water partition coefficient (Wildman–Crippen LogP) is 1.42. The van der Waals surface area contributed by atoms with Crippen molar-refractivity contribution in [1.29, 1.82) is 0 Å². The van der Waals surface area contributed by atoms with Crippen molar-refractivity contribution in [2.45, 2.75) is 32.7 Å². The minimum Gasteiger partial charge on any atom is -0.299 e. The van der Waals surface area contributed by atoms with Gasteiger partial charge in [0.05, 0.1) is 6.61 Å². The highest BCUT2D eigenvalue weighted by Gasteiger charge is 2.12. The Kier molecular flexibility index (Phi) is 2.49. The summed E-state index contributed by atoms with van der Waals surface area (Å²) in [7, 11) is 0. The van der Waals surface area contributed by atoms with Gasteiger partial charge in [-0.15, -0.1) is 0 Å². The summed E-state index contributed by atoms with van der Waals surface area (Å²) in [5.74, 6) is 0. The van der Waals surface area contributed by atoms with Crippen molar-refractivity contribution in [1.82, 2.24) is 5.06 Å². The van der Waals surface area contributed by atoms with Gasteiger partial charge in [0.15, 0.2) is 0 Å². The largest absolute Gasteiger partial charge is 0.299 e. The summed E-state index contributed by atoms with van der Waals surface area (Å²) in [4.78, 5) is 5.37. The van der Waals surface area contributed by atoms with Crippen LogP contribution >= 0.6 is 0 Å². The first-order chi connectivity index (χ1) is 4.30. The first-order valence-electron chi connectivity index (χ1n) is 3.70. The number of nitrogens with zero attached hydrogens (tertiary/aromatic N) is 1. The van der Waals surface area contributed by atoms with Crippen LogP contribution in [-0.2, 0) is 4.84 Å². The van der Waals surface area contributed by atoms with E-state index in [0.29, 0.717) is 6.04 Å². The van der Waals surface area contributed by atoms with Gasteiger partial charge in [0.2, 0.25) is 0 Å². The first kappa shape index (κ1) is 7.03. The van der Waals surface area contributed by atoms with E-state index >= 15 is 0 Å². The molecule has 2 heteroatoms. The van der Waals surface area contributed by atoms with E-state index in [4.69, 9.17) is 4.84 Å². The molecule has 0 saturated carbocycles. The van der Waals surface area contributed by atoms with Crippen LogP contribution in [0.2, 0.25) is 0 Å². The standard InChI is InChI=1S/C7H15NO/c1-7(2)8-5-3-4-6-9-8/h7H,3-6H2,1-2H3. The number of rotatable bonds is 1. The maximum atomic E-state index is 5.37. The lowest BCUT2D eigenvalue weighted by Crippen LogP contribution is -2.35. The van der Waals surface area contributed by atoms with Crippen LogP contribution in [0.15, 0.2) is 0 Å². The quantitative estimate of drug-likeness (QED) is 0.531. The van der Waals surface area contributed by atoms with Crippen LogP contribution in [0.1, 0.15) is 26.7 Å². The van der Waals surface area contributed by atoms with E-state index < -0.39 is 0 Å². The van der Waals surface area contributed by atoms with E-state index in [1.165, 1.54) is 12.8 Å². The second-order valence-electron chi connectivity index (χ2n) is 2.77. The molecule has 0 radical (unpaired) electrons. The lowest BCUT2D eigenvalue weighted by molar-refractivity contribution is -0.199. The van der Waals surface area contributed by atoms with Gasteiger partial charge in [0.25, 0.3) is 0 Å². The Morgan fingerprint density at radius 3 is 2.44 bits per heavy atom. The SMILES string of the molecule is CC(C)N1CCCCO1. The van der Waals surface area contributed by atoms with E-state index in [2.05, 4.69) is 18.9 Å². The summed E-state index contributed by atoms with van der Waals surface area (Å²) >= 11 is 0. The highest BCUT2D eigenvalue weighted by atomic mass is 16.7. The number of hydrogen-bond donors (Lipinski definition) is 0. The Bertz CT molecular complexity index is 77.0. The molecule has 0 N–H and O–H groups in total. The third-order valence-corrected chi connectivity index (χ3v) is 1.61. The number of hydroxylamine groups is 2. The highest BCUT2D eigenvalue weighted by Crippen LogP contribution is 2.08. The molecule has 1 heterocycles. The van der Waals surface area contributed by atoms with Crippen LogP contribution in [0.5, 0.6) is 0 Å². The second kappa shape index (κ2) is 3.18. The molecular weight excluding hydrogens is 114 g/mol. The maximum Gasteiger partial charge on any atom is 0.0685 e. The lowest BCUT2D eigenvalue weighted by Gasteiger charge is -2.29. The van der Waals surface area contributed by atoms with Crippen LogP contribution in [0.4, 0.5) is 0 Å². The second-order valence-corrected chi connectivity index (χ2v) is 2.77. The average Bonchev–Trinajstić information content (AvgIpc) is 1.90. The Morgan fingerprint density at radius 1 is 1.33 bits per heavy atom. The van der Waals surface area contributed by atoms with Crippen LogP contribution < -0.4 is 0 Å². The minimum absolute atomic E-state index is 0.547. The monoisotopic (exact) mass is 129 g/mol. The van der Waals surface area contributed by atoms with Crippen LogP contribution in [0.25, 0.3) is 0 Å². The number of hydrogen-bond acceptors (Lipinski definition) is 2. The zero-order valence-electron chi connectivity index (χ0n) is 6.26. The molecule has 0 aromatic rings. The van der Waals surface area contributed by atoms with Gasteiger partial charge in [-0.25, -0.2) is 0 Å². The summed E-state index contributed by atoms with van der Waals surface area (Å²) < 4.78 is 0. The van der Waals surface area contributed by atoms with Crippen molar-refractivity contribution in [3.63, 3.8) is 0 Å².